The molecule has 0 atom stereocenters. The second kappa shape index (κ2) is 13.9. The molecule has 0 radical (unpaired) electrons. The van der Waals surface area contributed by atoms with Crippen molar-refractivity contribution in [3.63, 3.8) is 0 Å². The lowest BCUT2D eigenvalue weighted by atomic mass is 10.1. The quantitative estimate of drug-likeness (QED) is 0.369. The van der Waals surface area contributed by atoms with E-state index in [1.165, 1.54) is 69.8 Å². The Morgan fingerprint density at radius 1 is 0.684 bits per heavy atom. The van der Waals surface area contributed by atoms with Crippen LogP contribution in [0.4, 0.5) is 0 Å². The van der Waals surface area contributed by atoms with E-state index in [2.05, 4.69) is 20.8 Å². The molecule has 0 aromatic rings. The lowest BCUT2D eigenvalue weighted by molar-refractivity contribution is 0.203. The minimum Gasteiger partial charge on any atom is -0.498 e. The molecule has 0 heterocycles. The van der Waals surface area contributed by atoms with E-state index in [0.29, 0.717) is 0 Å². The zero-order valence-electron chi connectivity index (χ0n) is 13.5. The fourth-order valence-corrected chi connectivity index (χ4v) is 2.03. The maximum absolute atomic E-state index is 5.66. The van der Waals surface area contributed by atoms with Crippen molar-refractivity contribution in [3.8, 4) is 0 Å². The van der Waals surface area contributed by atoms with Crippen LogP contribution >= 0.6 is 0 Å². The van der Waals surface area contributed by atoms with Crippen LogP contribution in [0.5, 0.6) is 0 Å². The molecule has 0 spiro atoms. The van der Waals surface area contributed by atoms with E-state index in [4.69, 9.17) is 10.5 Å². The fourth-order valence-electron chi connectivity index (χ4n) is 2.03. The first-order valence-corrected chi connectivity index (χ1v) is 8.15. The summed E-state index contributed by atoms with van der Waals surface area (Å²) in [5.41, 5.74) is 6.76. The van der Waals surface area contributed by atoms with Gasteiger partial charge in [0.2, 0.25) is 0 Å². The van der Waals surface area contributed by atoms with Crippen molar-refractivity contribution >= 4 is 0 Å². The van der Waals surface area contributed by atoms with Crippen molar-refractivity contribution in [2.45, 2.75) is 85.0 Å². The van der Waals surface area contributed by atoms with Gasteiger partial charge < -0.3 is 10.5 Å². The minimum atomic E-state index is 0.855. The van der Waals surface area contributed by atoms with Crippen molar-refractivity contribution in [3.05, 3.63) is 11.3 Å². The summed E-state index contributed by atoms with van der Waals surface area (Å²) in [6.07, 6.45) is 13.3. The first kappa shape index (κ1) is 18.5. The van der Waals surface area contributed by atoms with Crippen LogP contribution in [0.1, 0.15) is 85.0 Å². The molecule has 0 unspecified atom stereocenters. The van der Waals surface area contributed by atoms with Crippen LogP contribution in [0.25, 0.3) is 0 Å². The molecule has 0 aromatic heterocycles. The van der Waals surface area contributed by atoms with Gasteiger partial charge in [0.25, 0.3) is 0 Å². The number of hydrogen-bond acceptors (Lipinski definition) is 2. The van der Waals surface area contributed by atoms with E-state index < -0.39 is 0 Å². The molecule has 0 fully saturated rings. The van der Waals surface area contributed by atoms with Crippen molar-refractivity contribution in [1.29, 1.82) is 0 Å². The largest absolute Gasteiger partial charge is 0.498 e. The maximum Gasteiger partial charge on any atom is 0.0915 e. The number of allylic oxidation sites excluding steroid dienone is 2. The normalized spacial score (nSPS) is 10.5. The lowest BCUT2D eigenvalue weighted by Crippen LogP contribution is -1.97. The zero-order valence-corrected chi connectivity index (χ0v) is 13.5. The standard InChI is InChI=1S/C17H35NO/c1-16(2)17(3)19-15-13-11-9-7-5-4-6-8-10-12-14-18/h4-15,18H2,1-3H3. The number of unbranched alkanes of at least 4 members (excludes halogenated alkanes) is 9. The average molecular weight is 269 g/mol. The number of nitrogens with two attached hydrogens (primary N) is 1. The molecule has 2 N–H and O–H groups in total. The molecule has 0 aliphatic rings. The summed E-state index contributed by atoms with van der Waals surface area (Å²) in [4.78, 5) is 0. The molecular formula is C17H35NO. The molecule has 0 aliphatic heterocycles. The Kier molecular flexibility index (Phi) is 13.6. The van der Waals surface area contributed by atoms with Gasteiger partial charge in [-0.25, -0.2) is 0 Å². The summed E-state index contributed by atoms with van der Waals surface area (Å²) in [5.74, 6) is 1.09. The van der Waals surface area contributed by atoms with Crippen LogP contribution in [0.2, 0.25) is 0 Å². The first-order valence-electron chi connectivity index (χ1n) is 8.15. The molecular weight excluding hydrogens is 234 g/mol. The number of hydrogen-bond donors (Lipinski definition) is 1. The predicted molar refractivity (Wildman–Crippen MR) is 85.2 cm³/mol. The van der Waals surface area contributed by atoms with Gasteiger partial charge in [-0.15, -0.1) is 0 Å². The summed E-state index contributed by atoms with van der Waals surface area (Å²) >= 11 is 0. The third-order valence-electron chi connectivity index (χ3n) is 3.62. The van der Waals surface area contributed by atoms with E-state index in [9.17, 15) is 0 Å². The van der Waals surface area contributed by atoms with Crippen LogP contribution in [-0.2, 0) is 4.74 Å². The highest BCUT2D eigenvalue weighted by molar-refractivity contribution is 4.98. The first-order chi connectivity index (χ1) is 9.18. The van der Waals surface area contributed by atoms with Gasteiger partial charge in [-0.3, -0.25) is 0 Å². The van der Waals surface area contributed by atoms with Gasteiger partial charge in [0.05, 0.1) is 12.4 Å². The summed E-state index contributed by atoms with van der Waals surface area (Å²) < 4.78 is 5.66. The second-order valence-corrected chi connectivity index (χ2v) is 5.73. The highest BCUT2D eigenvalue weighted by Gasteiger charge is 1.95. The van der Waals surface area contributed by atoms with Gasteiger partial charge in [-0.2, -0.15) is 0 Å². The SMILES string of the molecule is CC(C)=C(C)OCCCCCCCCCCCCN. The number of ether oxygens (including phenoxy) is 1. The molecule has 114 valence electrons. The molecule has 0 saturated heterocycles. The van der Waals surface area contributed by atoms with Crippen molar-refractivity contribution < 1.29 is 4.74 Å². The fraction of sp³-hybridized carbons (Fsp3) is 0.882. The third kappa shape index (κ3) is 13.7. The summed E-state index contributed by atoms with van der Waals surface area (Å²) in [7, 11) is 0. The average Bonchev–Trinajstić information content (AvgIpc) is 2.39. The molecule has 0 bridgehead atoms. The molecule has 0 rings (SSSR count). The van der Waals surface area contributed by atoms with Crippen LogP contribution in [0.3, 0.4) is 0 Å². The van der Waals surface area contributed by atoms with Gasteiger partial charge in [-0.05, 0) is 45.7 Å². The highest BCUT2D eigenvalue weighted by Crippen LogP contribution is 2.11. The van der Waals surface area contributed by atoms with Gasteiger partial charge >= 0.3 is 0 Å². The maximum atomic E-state index is 5.66. The van der Waals surface area contributed by atoms with E-state index in [-0.39, 0.29) is 0 Å². The highest BCUT2D eigenvalue weighted by atomic mass is 16.5. The van der Waals surface area contributed by atoms with Crippen LogP contribution in [0.15, 0.2) is 11.3 Å². The van der Waals surface area contributed by atoms with Crippen LogP contribution < -0.4 is 5.73 Å². The molecule has 0 amide bonds. The zero-order chi connectivity index (χ0) is 14.3. The van der Waals surface area contributed by atoms with E-state index >= 15 is 0 Å². The molecule has 0 saturated carbocycles. The topological polar surface area (TPSA) is 35.2 Å². The Balaban J connectivity index is 3.09. The van der Waals surface area contributed by atoms with E-state index in [1.807, 2.05) is 0 Å². The van der Waals surface area contributed by atoms with Gasteiger partial charge in [0.15, 0.2) is 0 Å². The summed E-state index contributed by atoms with van der Waals surface area (Å²) in [6, 6.07) is 0. The molecule has 19 heavy (non-hydrogen) atoms. The van der Waals surface area contributed by atoms with E-state index in [1.54, 1.807) is 0 Å². The Morgan fingerprint density at radius 3 is 1.53 bits per heavy atom. The van der Waals surface area contributed by atoms with Crippen molar-refractivity contribution in [2.24, 2.45) is 5.73 Å². The van der Waals surface area contributed by atoms with Gasteiger partial charge in [0.1, 0.15) is 0 Å². The summed E-state index contributed by atoms with van der Waals surface area (Å²) in [5, 5.41) is 0. The Bertz CT molecular complexity index is 219. The van der Waals surface area contributed by atoms with Crippen LogP contribution in [0, 0.1) is 0 Å². The summed E-state index contributed by atoms with van der Waals surface area (Å²) in [6.45, 7) is 8.00. The third-order valence-corrected chi connectivity index (χ3v) is 3.62. The van der Waals surface area contributed by atoms with Gasteiger partial charge in [-0.1, -0.05) is 51.4 Å². The Hall–Kier alpha value is -0.500. The monoisotopic (exact) mass is 269 g/mol. The Morgan fingerprint density at radius 2 is 1.11 bits per heavy atom. The van der Waals surface area contributed by atoms with Crippen molar-refractivity contribution in [1.82, 2.24) is 0 Å². The minimum absolute atomic E-state index is 0.855. The Labute approximate surface area is 120 Å². The van der Waals surface area contributed by atoms with Crippen LogP contribution in [-0.4, -0.2) is 13.2 Å². The van der Waals surface area contributed by atoms with E-state index in [0.717, 1.165) is 18.9 Å². The molecule has 2 heteroatoms. The molecule has 2 nitrogen and oxygen atoms in total. The second-order valence-electron chi connectivity index (χ2n) is 5.73. The molecule has 0 aliphatic carbocycles. The van der Waals surface area contributed by atoms with Gasteiger partial charge in [0, 0.05) is 0 Å². The predicted octanol–water partition coefficient (Wildman–Crippen LogP) is 5.18. The number of rotatable bonds is 13. The lowest BCUT2D eigenvalue weighted by Gasteiger charge is -2.07. The van der Waals surface area contributed by atoms with Crippen molar-refractivity contribution in [2.75, 3.05) is 13.2 Å². The molecule has 0 aromatic carbocycles. The smallest absolute Gasteiger partial charge is 0.0915 e.